The third-order valence-electron chi connectivity index (χ3n) is 23.9. The summed E-state index contributed by atoms with van der Waals surface area (Å²) in [5, 5.41) is 40.3. The number of ether oxygens (including phenoxy) is 18. The van der Waals surface area contributed by atoms with Crippen LogP contribution < -0.4 is 10.4 Å². The van der Waals surface area contributed by atoms with Gasteiger partial charge in [-0.3, -0.25) is 19.6 Å². The molecule has 0 aromatic heterocycles. The van der Waals surface area contributed by atoms with E-state index >= 15 is 0 Å². The Morgan fingerprint density at radius 1 is 0.389 bits per heavy atom. The number of amides is 4. The Balaban J connectivity index is 0.000000126. The Labute approximate surface area is 752 Å². The molecule has 131 heavy (non-hydrogen) atoms. The summed E-state index contributed by atoms with van der Waals surface area (Å²) in [6.45, 7) is 14.4. The molecule has 33 nitrogen and oxygen atoms in total. The summed E-state index contributed by atoms with van der Waals surface area (Å²) in [4.78, 5) is 78.8. The molecule has 13 heterocycles. The van der Waals surface area contributed by atoms with Crippen LogP contribution in [0.2, 0.25) is 0 Å². The number of alkyl halides is 4. The minimum absolute atomic E-state index is 0.0463. The van der Waals surface area contributed by atoms with Crippen molar-refractivity contribution in [1.29, 1.82) is 0 Å². The SMILES string of the molecule is CC1(C)O[C@H]2O[C@H]3[C@@H]([C@H]2O1)N(C(=O)OCc1ccccc1)C[C@@H]3OC(=O)c1ccccc1.CC1(C)O[C@H]2O[C@H]3[C@@H]([C@H]2O1)N(C(=O)OCc1ccccc1)C[C@@H]3OCc1ccccc1.CC1(C)O[C@H]2O[C@H]3[C@@H]([C@H]2O1)N(C(=O)OCc1ccccc1)C[C@H]3O.O=C(OCc1ccccc1)N1C[C@H](OCc2ccccc2)[C@H]2OC[C@H](O)[C@H]21.O=C([O-])C(F)(F)F.O[C@H]1CO[C@H]2[C@@H]1[NH2+]C[C@H]2F. The fourth-order valence-electron chi connectivity index (χ4n) is 18.0. The van der Waals surface area contributed by atoms with Crippen LogP contribution >= 0.6 is 0 Å². The van der Waals surface area contributed by atoms with Crippen molar-refractivity contribution in [1.82, 2.24) is 19.6 Å². The average molecular weight is 1830 g/mol. The first kappa shape index (κ1) is 95.2. The van der Waals surface area contributed by atoms with Crippen LogP contribution in [0.3, 0.4) is 0 Å². The number of carbonyl (C=O) groups is 6. The van der Waals surface area contributed by atoms with Crippen LogP contribution in [0.1, 0.15) is 85.3 Å². The summed E-state index contributed by atoms with van der Waals surface area (Å²) >= 11 is 0. The molecular formula is C94H107F4N5O28. The van der Waals surface area contributed by atoms with Crippen molar-refractivity contribution < 1.29 is 157 Å². The summed E-state index contributed by atoms with van der Waals surface area (Å²) in [5.41, 5.74) is 6.19. The number of hydrogen-bond acceptors (Lipinski definition) is 28. The first-order valence-electron chi connectivity index (χ1n) is 43.3. The molecule has 7 aromatic carbocycles. The highest BCUT2D eigenvalue weighted by Crippen LogP contribution is 2.48. The highest BCUT2D eigenvalue weighted by Gasteiger charge is 2.67. The second kappa shape index (κ2) is 41.8. The van der Waals surface area contributed by atoms with Crippen molar-refractivity contribution in [2.75, 3.05) is 45.9 Å². The number of esters is 1. The topological polar surface area (TPSA) is 382 Å². The third-order valence-corrected chi connectivity index (χ3v) is 23.9. The van der Waals surface area contributed by atoms with E-state index in [1.165, 1.54) is 9.80 Å². The number of rotatable bonds is 16. The number of carbonyl (C=O) groups excluding carboxylic acids is 6. The summed E-state index contributed by atoms with van der Waals surface area (Å²) in [6, 6.07) is 64.8. The second-order valence-corrected chi connectivity index (χ2v) is 34.6. The largest absolute Gasteiger partial charge is 0.542 e. The van der Waals surface area contributed by atoms with Crippen LogP contribution in [-0.4, -0.2) is 281 Å². The van der Waals surface area contributed by atoms with E-state index in [0.29, 0.717) is 45.0 Å². The third kappa shape index (κ3) is 23.3. The predicted molar refractivity (Wildman–Crippen MR) is 444 cm³/mol. The number of carboxylic acid groups (broad SMARTS) is 1. The van der Waals surface area contributed by atoms with Gasteiger partial charge in [-0.1, -0.05) is 200 Å². The van der Waals surface area contributed by atoms with E-state index in [1.807, 2.05) is 207 Å². The van der Waals surface area contributed by atoms with E-state index in [2.05, 4.69) is 0 Å². The molecule has 5 N–H and O–H groups in total. The Hall–Kier alpha value is -10.4. The van der Waals surface area contributed by atoms with Gasteiger partial charge in [-0.25, -0.2) is 28.4 Å². The van der Waals surface area contributed by atoms with E-state index < -0.39 is 152 Å². The van der Waals surface area contributed by atoms with Gasteiger partial charge in [-0.2, -0.15) is 13.2 Å². The van der Waals surface area contributed by atoms with Crippen LogP contribution in [0.15, 0.2) is 212 Å². The minimum Gasteiger partial charge on any atom is -0.542 e. The van der Waals surface area contributed by atoms with E-state index in [-0.39, 0.29) is 94.8 Å². The van der Waals surface area contributed by atoms with Gasteiger partial charge < -0.3 is 116 Å². The monoisotopic (exact) mass is 1830 g/mol. The summed E-state index contributed by atoms with van der Waals surface area (Å²) in [5.74, 6) is -5.85. The summed E-state index contributed by atoms with van der Waals surface area (Å²) in [7, 11) is 0. The molecule has 13 saturated heterocycles. The first-order valence-corrected chi connectivity index (χ1v) is 43.3. The van der Waals surface area contributed by atoms with Crippen molar-refractivity contribution in [3.8, 4) is 0 Å². The standard InChI is InChI=1S/C24H25NO7.C24H27NO6.C21H23NO5.C17H21NO6.C6H10FNO2.C2HF3O2/c1-24(2)31-20-18-19(30-22(20)32-24)17(29-21(26)16-11-7-4-8-12-16)13-25(18)23(27)28-14-15-9-5-3-6-10-15;1-24(2)30-21-19-20(29-22(21)31-24)18(27-14-16-9-5-3-6-10-16)13-25(19)23(26)28-15-17-11-7-4-8-12-17;23-17-14-26-20-18(25-12-15-7-3-1-4-8-15)11-22(19(17)20)21(24)27-13-16-9-5-2-6-10-16;1-17(2)23-14-12-13(22-15(14)24-17)11(19)8-18(12)16(20)21-9-10-6-4-3-5-7-10;7-3-1-8-5-4(9)2-10-6(3)5;3-2(4,5)1(6)7/h3-12,17-20,22H,13-14H2,1-2H3;3-12,18-22H,13-15H2,1-2H3;1-10,17-20,23H,11-14H2;3-7,11-15,19H,8-9H2,1-2H3;3-6,8-9H,1-2H2;(H,6,7)/t17-,18-,19+,20+,22+;18-,19-,20+,21+,22+;17-,18-,19+,20+;11-,12+,13-,14-,15-;3-,4+,5-,6-;/m00011./s1. The van der Waals surface area contributed by atoms with Gasteiger partial charge in [0.2, 0.25) is 0 Å². The second-order valence-electron chi connectivity index (χ2n) is 34.6. The number of quaternary nitrogens is 1. The van der Waals surface area contributed by atoms with Gasteiger partial charge >= 0.3 is 36.5 Å². The molecule has 0 radical (unpaired) electrons. The Morgan fingerprint density at radius 2 is 0.695 bits per heavy atom. The number of benzene rings is 7. The van der Waals surface area contributed by atoms with Gasteiger partial charge in [0, 0.05) is 0 Å². The van der Waals surface area contributed by atoms with Crippen molar-refractivity contribution in [2.45, 2.75) is 245 Å². The molecule has 704 valence electrons. The Kier molecular flexibility index (Phi) is 30.4. The van der Waals surface area contributed by atoms with Gasteiger partial charge in [0.05, 0.1) is 82.3 Å². The number of nitrogens with zero attached hydrogens (tertiary/aromatic N) is 4. The number of carboxylic acids is 1. The molecule has 0 saturated carbocycles. The molecule has 23 atom stereocenters. The Bertz CT molecular complexity index is 4910. The number of likely N-dealkylation sites (tertiary alicyclic amines) is 4. The number of aliphatic hydroxyl groups is 3. The zero-order valence-electron chi connectivity index (χ0n) is 72.6. The fourth-order valence-corrected chi connectivity index (χ4v) is 18.0. The Morgan fingerprint density at radius 3 is 1.07 bits per heavy atom. The van der Waals surface area contributed by atoms with Crippen molar-refractivity contribution >= 4 is 36.3 Å². The number of fused-ring (bicyclic) bond motifs is 11. The van der Waals surface area contributed by atoms with Crippen molar-refractivity contribution in [3.63, 3.8) is 0 Å². The number of aliphatic carboxylic acids is 1. The van der Waals surface area contributed by atoms with Gasteiger partial charge in [0.15, 0.2) is 42.4 Å². The molecule has 13 fully saturated rings. The van der Waals surface area contributed by atoms with Crippen LogP contribution in [0.25, 0.3) is 0 Å². The summed E-state index contributed by atoms with van der Waals surface area (Å²) in [6.07, 6.45) is -16.3. The van der Waals surface area contributed by atoms with Crippen LogP contribution in [0.4, 0.5) is 36.7 Å². The lowest BCUT2D eigenvalue weighted by Crippen LogP contribution is -2.89. The zero-order chi connectivity index (χ0) is 92.5. The maximum Gasteiger partial charge on any atom is 0.430 e. The molecule has 13 aliphatic heterocycles. The number of β-amino-alcohol motifs (C(OH)–C–C–N with tert-alkyl or cyclic N) is 1. The van der Waals surface area contributed by atoms with Gasteiger partial charge in [0.25, 0.3) is 0 Å². The molecule has 0 spiro atoms. The molecule has 0 aliphatic carbocycles. The van der Waals surface area contributed by atoms with Crippen LogP contribution in [0, 0.1) is 0 Å². The lowest BCUT2D eigenvalue weighted by Gasteiger charge is -2.27. The lowest BCUT2D eigenvalue weighted by molar-refractivity contribution is -0.677. The van der Waals surface area contributed by atoms with Crippen LogP contribution in [0.5, 0.6) is 0 Å². The van der Waals surface area contributed by atoms with E-state index in [1.54, 1.807) is 61.8 Å². The first-order chi connectivity index (χ1) is 62.8. The molecular weight excluding hydrogens is 1720 g/mol. The average Bonchev–Trinajstić information content (AvgIpc) is 1.57. The van der Waals surface area contributed by atoms with Gasteiger partial charge in [-0.05, 0) is 87.1 Å². The van der Waals surface area contributed by atoms with E-state index in [9.17, 15) is 56.9 Å². The molecule has 4 amide bonds. The summed E-state index contributed by atoms with van der Waals surface area (Å²) < 4.78 is 148. The molecule has 0 bridgehead atoms. The lowest BCUT2D eigenvalue weighted by atomic mass is 10.1. The quantitative estimate of drug-likeness (QED) is 0.0413. The van der Waals surface area contributed by atoms with Crippen molar-refractivity contribution in [3.05, 3.63) is 251 Å². The van der Waals surface area contributed by atoms with E-state index in [4.69, 9.17) is 95.2 Å². The number of halogens is 4. The number of nitrogens with two attached hydrogens (primary N) is 1. The smallest absolute Gasteiger partial charge is 0.430 e. The maximum absolute atomic E-state index is 13.0. The molecule has 7 aromatic rings. The predicted octanol–water partition coefficient (Wildman–Crippen LogP) is 7.50. The number of hydrogen-bond donors (Lipinski definition) is 4. The molecule has 0 unspecified atom stereocenters. The highest BCUT2D eigenvalue weighted by molar-refractivity contribution is 5.89. The van der Waals surface area contributed by atoms with Gasteiger partial charge in [-0.15, -0.1) is 0 Å². The fraction of sp³-hybridized carbons (Fsp3) is 0.489. The zero-order valence-corrected chi connectivity index (χ0v) is 72.6. The number of aliphatic hydroxyl groups excluding tert-OH is 3. The van der Waals surface area contributed by atoms with E-state index in [0.717, 1.165) is 33.4 Å². The highest BCUT2D eigenvalue weighted by atomic mass is 19.4. The minimum atomic E-state index is -5.19. The maximum atomic E-state index is 13.0. The normalized spacial score (nSPS) is 31.5. The molecule has 20 rings (SSSR count). The molecule has 13 aliphatic rings. The van der Waals surface area contributed by atoms with Crippen molar-refractivity contribution in [2.24, 2.45) is 0 Å². The molecule has 37 heteroatoms. The van der Waals surface area contributed by atoms with Gasteiger partial charge in [0.1, 0.15) is 130 Å². The van der Waals surface area contributed by atoms with Crippen LogP contribution in [-0.2, 0) is 130 Å².